The highest BCUT2D eigenvalue weighted by Crippen LogP contribution is 2.25. The van der Waals surface area contributed by atoms with Crippen LogP contribution in [0.1, 0.15) is 11.1 Å². The predicted octanol–water partition coefficient (Wildman–Crippen LogP) is 5.23. The maximum absolute atomic E-state index is 12.3. The van der Waals surface area contributed by atoms with E-state index in [1.807, 2.05) is 54.6 Å². The Kier molecular flexibility index (Phi) is 5.29. The van der Waals surface area contributed by atoms with Gasteiger partial charge >= 0.3 is 0 Å². The second kappa shape index (κ2) is 7.19. The summed E-state index contributed by atoms with van der Waals surface area (Å²) in [6, 6.07) is 20.1. The standard InChI is InChI=1S/C20H22OSi/c1-22(2,3)20(18-12-8-5-9-13-18)16-19(21)15-14-17-10-6-4-7-11-17/h4-16H,1-3H3. The zero-order valence-electron chi connectivity index (χ0n) is 13.4. The molecule has 0 bridgehead atoms. The molecule has 0 aliphatic carbocycles. The molecule has 22 heavy (non-hydrogen) atoms. The van der Waals surface area contributed by atoms with Crippen LogP contribution in [0.5, 0.6) is 0 Å². The van der Waals surface area contributed by atoms with Crippen molar-refractivity contribution < 1.29 is 4.79 Å². The molecule has 0 amide bonds. The van der Waals surface area contributed by atoms with E-state index in [-0.39, 0.29) is 5.78 Å². The Morgan fingerprint density at radius 1 is 0.864 bits per heavy atom. The van der Waals surface area contributed by atoms with E-state index in [0.29, 0.717) is 0 Å². The normalized spacial score (nSPS) is 12.6. The van der Waals surface area contributed by atoms with E-state index >= 15 is 0 Å². The van der Waals surface area contributed by atoms with Crippen LogP contribution in [0.3, 0.4) is 0 Å². The van der Waals surface area contributed by atoms with Crippen molar-refractivity contribution >= 4 is 25.1 Å². The SMILES string of the molecule is C[Si](C)(C)C(=CC(=O)C=Cc1ccccc1)c1ccccc1. The summed E-state index contributed by atoms with van der Waals surface area (Å²) in [6.45, 7) is 6.79. The van der Waals surface area contributed by atoms with Gasteiger partial charge in [-0.15, -0.1) is 0 Å². The molecule has 0 spiro atoms. The molecular formula is C20H22OSi. The first kappa shape index (κ1) is 16.2. The van der Waals surface area contributed by atoms with Crippen LogP contribution < -0.4 is 0 Å². The molecule has 0 aliphatic heterocycles. The van der Waals surface area contributed by atoms with Crippen LogP contribution in [-0.4, -0.2) is 13.9 Å². The Labute approximate surface area is 134 Å². The van der Waals surface area contributed by atoms with Crippen LogP contribution in [0.2, 0.25) is 19.6 Å². The maximum Gasteiger partial charge on any atom is 0.178 e. The molecule has 0 atom stereocenters. The fraction of sp³-hybridized carbons (Fsp3) is 0.150. The molecule has 2 aromatic rings. The molecule has 0 heterocycles. The van der Waals surface area contributed by atoms with Crippen molar-refractivity contribution in [1.29, 1.82) is 0 Å². The average Bonchev–Trinajstić information content (AvgIpc) is 2.51. The van der Waals surface area contributed by atoms with Gasteiger partial charge in [0.2, 0.25) is 0 Å². The van der Waals surface area contributed by atoms with E-state index in [2.05, 4.69) is 31.8 Å². The van der Waals surface area contributed by atoms with Gasteiger partial charge in [0, 0.05) is 0 Å². The first-order valence-electron chi connectivity index (χ1n) is 7.51. The monoisotopic (exact) mass is 306 g/mol. The number of allylic oxidation sites excluding steroid dienone is 2. The summed E-state index contributed by atoms with van der Waals surface area (Å²) in [5, 5.41) is 1.19. The minimum Gasteiger partial charge on any atom is -0.290 e. The topological polar surface area (TPSA) is 17.1 Å². The molecule has 2 aromatic carbocycles. The average molecular weight is 306 g/mol. The number of benzene rings is 2. The molecule has 0 N–H and O–H groups in total. The highest BCUT2D eigenvalue weighted by molar-refractivity contribution is 6.94. The summed E-state index contributed by atoms with van der Waals surface area (Å²) in [4.78, 5) is 12.3. The molecule has 0 aromatic heterocycles. The fourth-order valence-corrected chi connectivity index (χ4v) is 3.89. The van der Waals surface area contributed by atoms with E-state index in [4.69, 9.17) is 0 Å². The van der Waals surface area contributed by atoms with E-state index in [1.54, 1.807) is 12.2 Å². The first-order valence-corrected chi connectivity index (χ1v) is 11.0. The highest BCUT2D eigenvalue weighted by Gasteiger charge is 2.21. The fourth-order valence-electron chi connectivity index (χ4n) is 2.28. The number of rotatable bonds is 5. The third kappa shape index (κ3) is 4.67. The highest BCUT2D eigenvalue weighted by atomic mass is 28.3. The van der Waals surface area contributed by atoms with Gasteiger partial charge in [-0.1, -0.05) is 86.4 Å². The lowest BCUT2D eigenvalue weighted by atomic mass is 10.1. The molecule has 0 saturated carbocycles. The molecule has 0 saturated heterocycles. The summed E-state index contributed by atoms with van der Waals surface area (Å²) in [5.41, 5.74) is 2.20. The number of carbonyl (C=O) groups excluding carboxylic acids is 1. The van der Waals surface area contributed by atoms with Gasteiger partial charge in [-0.25, -0.2) is 0 Å². The van der Waals surface area contributed by atoms with Gasteiger partial charge in [-0.2, -0.15) is 0 Å². The van der Waals surface area contributed by atoms with Crippen molar-refractivity contribution in [3.05, 3.63) is 83.9 Å². The molecule has 0 fully saturated rings. The summed E-state index contributed by atoms with van der Waals surface area (Å²) in [5.74, 6) is 0.0464. The summed E-state index contributed by atoms with van der Waals surface area (Å²) in [7, 11) is -1.59. The number of hydrogen-bond donors (Lipinski definition) is 0. The van der Waals surface area contributed by atoms with Gasteiger partial charge in [0.1, 0.15) is 0 Å². The lowest BCUT2D eigenvalue weighted by Gasteiger charge is -2.21. The Morgan fingerprint density at radius 2 is 1.41 bits per heavy atom. The molecular weight excluding hydrogens is 284 g/mol. The van der Waals surface area contributed by atoms with E-state index in [1.165, 1.54) is 5.20 Å². The van der Waals surface area contributed by atoms with Gasteiger partial charge < -0.3 is 0 Å². The number of carbonyl (C=O) groups is 1. The van der Waals surface area contributed by atoms with Crippen LogP contribution in [0, 0.1) is 0 Å². The van der Waals surface area contributed by atoms with Crippen LogP contribution in [0.15, 0.2) is 72.8 Å². The zero-order valence-corrected chi connectivity index (χ0v) is 14.4. The third-order valence-corrected chi connectivity index (χ3v) is 5.47. The Morgan fingerprint density at radius 3 is 1.95 bits per heavy atom. The summed E-state index contributed by atoms with van der Waals surface area (Å²) < 4.78 is 0. The van der Waals surface area contributed by atoms with Crippen molar-refractivity contribution in [3.63, 3.8) is 0 Å². The zero-order chi connectivity index (χ0) is 16.0. The summed E-state index contributed by atoms with van der Waals surface area (Å²) in [6.07, 6.45) is 5.32. The van der Waals surface area contributed by atoms with Crippen molar-refractivity contribution in [2.45, 2.75) is 19.6 Å². The second-order valence-electron chi connectivity index (χ2n) is 6.32. The van der Waals surface area contributed by atoms with Crippen molar-refractivity contribution in [1.82, 2.24) is 0 Å². The molecule has 0 aliphatic rings. The van der Waals surface area contributed by atoms with Crippen LogP contribution in [0.4, 0.5) is 0 Å². The van der Waals surface area contributed by atoms with Crippen molar-refractivity contribution in [2.24, 2.45) is 0 Å². The smallest absolute Gasteiger partial charge is 0.178 e. The van der Waals surface area contributed by atoms with Crippen LogP contribution >= 0.6 is 0 Å². The predicted molar refractivity (Wildman–Crippen MR) is 98.2 cm³/mol. The van der Waals surface area contributed by atoms with Gasteiger partial charge in [0.05, 0.1) is 8.07 Å². The van der Waals surface area contributed by atoms with E-state index in [9.17, 15) is 4.79 Å². The van der Waals surface area contributed by atoms with Gasteiger partial charge in [0.15, 0.2) is 5.78 Å². The first-order chi connectivity index (χ1) is 10.5. The minimum absolute atomic E-state index is 0.0464. The number of hydrogen-bond acceptors (Lipinski definition) is 1. The second-order valence-corrected chi connectivity index (χ2v) is 11.4. The van der Waals surface area contributed by atoms with Gasteiger partial charge in [0.25, 0.3) is 0 Å². The minimum atomic E-state index is -1.59. The Balaban J connectivity index is 2.26. The van der Waals surface area contributed by atoms with Crippen molar-refractivity contribution in [2.75, 3.05) is 0 Å². The quantitative estimate of drug-likeness (QED) is 0.546. The van der Waals surface area contributed by atoms with Gasteiger partial charge in [-0.3, -0.25) is 4.79 Å². The molecule has 0 radical (unpaired) electrons. The molecule has 1 nitrogen and oxygen atoms in total. The number of ketones is 1. The Hall–Kier alpha value is -2.19. The third-order valence-electron chi connectivity index (χ3n) is 3.42. The molecule has 2 heteroatoms. The largest absolute Gasteiger partial charge is 0.290 e. The summed E-state index contributed by atoms with van der Waals surface area (Å²) >= 11 is 0. The lowest BCUT2D eigenvalue weighted by Crippen LogP contribution is -2.23. The maximum atomic E-state index is 12.3. The Bertz CT molecular complexity index is 677. The van der Waals surface area contributed by atoms with E-state index < -0.39 is 8.07 Å². The van der Waals surface area contributed by atoms with Crippen LogP contribution in [0.25, 0.3) is 11.3 Å². The lowest BCUT2D eigenvalue weighted by molar-refractivity contribution is -0.110. The van der Waals surface area contributed by atoms with Gasteiger partial charge in [-0.05, 0) is 28.5 Å². The van der Waals surface area contributed by atoms with Crippen molar-refractivity contribution in [3.8, 4) is 0 Å². The molecule has 112 valence electrons. The van der Waals surface area contributed by atoms with E-state index in [0.717, 1.165) is 11.1 Å². The van der Waals surface area contributed by atoms with Crippen LogP contribution in [-0.2, 0) is 4.79 Å². The molecule has 0 unspecified atom stereocenters. The molecule has 2 rings (SSSR count).